The summed E-state index contributed by atoms with van der Waals surface area (Å²) < 4.78 is 4.90. The lowest BCUT2D eigenvalue weighted by molar-refractivity contribution is -0.143. The van der Waals surface area contributed by atoms with Gasteiger partial charge in [0.2, 0.25) is 0 Å². The zero-order valence-electron chi connectivity index (χ0n) is 20.2. The third kappa shape index (κ3) is 8.66. The maximum atomic E-state index is 11.9. The highest BCUT2D eigenvalue weighted by molar-refractivity contribution is 5.79. The number of methoxy groups -OCH3 is 1. The second kappa shape index (κ2) is 14.8. The third-order valence-corrected chi connectivity index (χ3v) is 5.20. The normalized spacial score (nSPS) is 11.7. The first-order valence-electron chi connectivity index (χ1n) is 10.2. The maximum absolute atomic E-state index is 11.9. The van der Waals surface area contributed by atoms with Crippen LogP contribution in [0.4, 0.5) is 0 Å². The number of hydrazine groups is 1. The molecule has 0 spiro atoms. The highest BCUT2D eigenvalue weighted by Crippen LogP contribution is 2.24. The Morgan fingerprint density at radius 2 is 1.45 bits per heavy atom. The van der Waals surface area contributed by atoms with E-state index in [1.807, 2.05) is 88.3 Å². The van der Waals surface area contributed by atoms with Gasteiger partial charge in [0.25, 0.3) is 5.56 Å². The van der Waals surface area contributed by atoms with Crippen LogP contribution in [-0.4, -0.2) is 53.8 Å². The third-order valence-electron chi connectivity index (χ3n) is 5.20. The molecule has 9 heteroatoms. The molecule has 1 aromatic heterocycles. The molecule has 2 aromatic carbocycles. The van der Waals surface area contributed by atoms with E-state index >= 15 is 0 Å². The molecule has 0 fully saturated rings. The van der Waals surface area contributed by atoms with Gasteiger partial charge < -0.3 is 20.2 Å². The Labute approximate surface area is 195 Å². The SMILES string of the molecule is COC(=O)C(c1ccc(C)cc1)C(C)N(C)C.Cc1ccc(-c2c[nH][nH]c2=O)cc1.NN.O. The van der Waals surface area contributed by atoms with Crippen LogP contribution in [0.3, 0.4) is 0 Å². The molecule has 0 bridgehead atoms. The minimum absolute atomic E-state index is 0. The summed E-state index contributed by atoms with van der Waals surface area (Å²) in [5, 5.41) is 5.17. The van der Waals surface area contributed by atoms with Gasteiger partial charge in [-0.05, 0) is 46.0 Å². The molecule has 33 heavy (non-hydrogen) atoms. The smallest absolute Gasteiger partial charge is 0.314 e. The Bertz CT molecular complexity index is 995. The van der Waals surface area contributed by atoms with E-state index < -0.39 is 0 Å². The van der Waals surface area contributed by atoms with E-state index in [1.54, 1.807) is 6.20 Å². The van der Waals surface area contributed by atoms with E-state index in [1.165, 1.54) is 18.2 Å². The van der Waals surface area contributed by atoms with Gasteiger partial charge in [0.15, 0.2) is 0 Å². The molecule has 1 heterocycles. The molecule has 0 aliphatic heterocycles. The van der Waals surface area contributed by atoms with Crippen molar-refractivity contribution in [3.8, 4) is 11.1 Å². The molecule has 0 saturated heterocycles. The fourth-order valence-electron chi connectivity index (χ4n) is 3.06. The Balaban J connectivity index is 0.000000574. The van der Waals surface area contributed by atoms with Crippen molar-refractivity contribution < 1.29 is 15.0 Å². The van der Waals surface area contributed by atoms with Gasteiger partial charge in [0, 0.05) is 12.2 Å². The molecule has 8 N–H and O–H groups in total. The average Bonchev–Trinajstić information content (AvgIpc) is 3.23. The van der Waals surface area contributed by atoms with Gasteiger partial charge in [0.05, 0.1) is 18.6 Å². The number of hydrogen-bond acceptors (Lipinski definition) is 6. The van der Waals surface area contributed by atoms with E-state index in [-0.39, 0.29) is 29.0 Å². The highest BCUT2D eigenvalue weighted by Gasteiger charge is 2.28. The van der Waals surface area contributed by atoms with Crippen molar-refractivity contribution in [3.05, 3.63) is 81.8 Å². The molecule has 0 saturated carbocycles. The number of hydrogen-bond donors (Lipinski definition) is 4. The summed E-state index contributed by atoms with van der Waals surface area (Å²) >= 11 is 0. The zero-order chi connectivity index (χ0) is 24.3. The number of nitrogens with zero attached hydrogens (tertiary/aromatic N) is 1. The highest BCUT2D eigenvalue weighted by atomic mass is 16.5. The minimum Gasteiger partial charge on any atom is -0.469 e. The fraction of sp³-hybridized carbons (Fsp3) is 0.333. The van der Waals surface area contributed by atoms with Crippen LogP contribution in [0.2, 0.25) is 0 Å². The number of carbonyl (C=O) groups excluding carboxylic acids is 1. The molecule has 3 aromatic rings. The van der Waals surface area contributed by atoms with Crippen LogP contribution >= 0.6 is 0 Å². The van der Waals surface area contributed by atoms with Crippen LogP contribution < -0.4 is 17.2 Å². The Morgan fingerprint density at radius 3 is 1.85 bits per heavy atom. The Kier molecular flexibility index (Phi) is 13.3. The molecule has 3 rings (SSSR count). The molecule has 2 atom stereocenters. The van der Waals surface area contributed by atoms with Crippen LogP contribution in [0.25, 0.3) is 11.1 Å². The first-order valence-corrected chi connectivity index (χ1v) is 10.2. The van der Waals surface area contributed by atoms with Crippen molar-refractivity contribution in [1.82, 2.24) is 15.1 Å². The second-order valence-corrected chi connectivity index (χ2v) is 7.64. The number of aromatic nitrogens is 2. The van der Waals surface area contributed by atoms with Crippen molar-refractivity contribution in [2.45, 2.75) is 32.7 Å². The fourth-order valence-corrected chi connectivity index (χ4v) is 3.06. The van der Waals surface area contributed by atoms with Gasteiger partial charge >= 0.3 is 5.97 Å². The molecular weight excluding hydrogens is 422 g/mol. The number of esters is 1. The van der Waals surface area contributed by atoms with E-state index in [2.05, 4.69) is 21.9 Å². The number of benzene rings is 2. The van der Waals surface area contributed by atoms with E-state index in [0.29, 0.717) is 5.56 Å². The van der Waals surface area contributed by atoms with Crippen LogP contribution in [0.5, 0.6) is 0 Å². The lowest BCUT2D eigenvalue weighted by Crippen LogP contribution is -2.36. The van der Waals surface area contributed by atoms with E-state index in [4.69, 9.17) is 4.74 Å². The number of nitrogens with one attached hydrogen (secondary N) is 2. The predicted octanol–water partition coefficient (Wildman–Crippen LogP) is 1.87. The number of H-pyrrole nitrogens is 2. The second-order valence-electron chi connectivity index (χ2n) is 7.64. The molecule has 0 radical (unpaired) electrons. The number of carbonyl (C=O) groups is 1. The summed E-state index contributed by atoms with van der Waals surface area (Å²) in [4.78, 5) is 25.1. The van der Waals surface area contributed by atoms with Gasteiger partial charge in [-0.25, -0.2) is 0 Å². The van der Waals surface area contributed by atoms with Gasteiger partial charge in [-0.15, -0.1) is 0 Å². The summed E-state index contributed by atoms with van der Waals surface area (Å²) in [7, 11) is 5.37. The quantitative estimate of drug-likeness (QED) is 0.259. The topological polar surface area (TPSA) is 162 Å². The molecule has 0 amide bonds. The Morgan fingerprint density at radius 1 is 0.970 bits per heavy atom. The van der Waals surface area contributed by atoms with Gasteiger partial charge in [-0.3, -0.25) is 26.4 Å². The van der Waals surface area contributed by atoms with Crippen molar-refractivity contribution in [1.29, 1.82) is 0 Å². The van der Waals surface area contributed by atoms with Crippen LogP contribution in [0.1, 0.15) is 29.5 Å². The Hall–Kier alpha value is -3.24. The molecule has 2 unspecified atom stereocenters. The molecule has 0 aliphatic rings. The summed E-state index contributed by atoms with van der Waals surface area (Å²) in [6.45, 7) is 6.08. The van der Waals surface area contributed by atoms with E-state index in [0.717, 1.165) is 11.1 Å². The number of aryl methyl sites for hydroxylation is 2. The first kappa shape index (κ1) is 29.8. The lowest BCUT2D eigenvalue weighted by atomic mass is 9.91. The largest absolute Gasteiger partial charge is 0.469 e. The van der Waals surface area contributed by atoms with Gasteiger partial charge in [-0.1, -0.05) is 59.7 Å². The minimum atomic E-state index is -0.240. The van der Waals surface area contributed by atoms with Crippen LogP contribution in [0, 0.1) is 13.8 Å². The zero-order valence-corrected chi connectivity index (χ0v) is 20.2. The molecule has 9 nitrogen and oxygen atoms in total. The number of aromatic amines is 2. The van der Waals surface area contributed by atoms with Crippen LogP contribution in [0.15, 0.2) is 59.5 Å². The van der Waals surface area contributed by atoms with Gasteiger partial charge in [-0.2, -0.15) is 0 Å². The monoisotopic (exact) mass is 459 g/mol. The molecule has 0 aliphatic carbocycles. The van der Waals surface area contributed by atoms with Crippen molar-refractivity contribution in [2.24, 2.45) is 11.7 Å². The predicted molar refractivity (Wildman–Crippen MR) is 133 cm³/mol. The van der Waals surface area contributed by atoms with Crippen molar-refractivity contribution in [3.63, 3.8) is 0 Å². The number of likely N-dealkylation sites (N-methyl/N-ethyl adjacent to an activating group) is 1. The summed E-state index contributed by atoms with van der Waals surface area (Å²) in [5.41, 5.74) is 4.92. The summed E-state index contributed by atoms with van der Waals surface area (Å²) in [5.74, 6) is 7.57. The summed E-state index contributed by atoms with van der Waals surface area (Å²) in [6, 6.07) is 16.0. The number of rotatable bonds is 5. The standard InChI is InChI=1S/C14H21NO2.C10H10N2O.H4N2.H2O/c1-10-6-8-12(9-7-10)13(14(16)17-5)11(2)15(3)4;1-7-2-4-8(5-3-7)9-6-11-12-10(9)13;1-2;/h6-9,11,13H,1-5H3;2-6H,1H3,(H2,11,12,13);1-2H2;1H2. The number of nitrogens with two attached hydrogens (primary N) is 2. The summed E-state index contributed by atoms with van der Waals surface area (Å²) in [6.07, 6.45) is 1.67. The van der Waals surface area contributed by atoms with E-state index in [9.17, 15) is 9.59 Å². The van der Waals surface area contributed by atoms with Crippen molar-refractivity contribution >= 4 is 5.97 Å². The van der Waals surface area contributed by atoms with Crippen LogP contribution in [-0.2, 0) is 9.53 Å². The molecular formula is C24H37N5O4. The number of ether oxygens (including phenoxy) is 1. The van der Waals surface area contributed by atoms with Crippen molar-refractivity contribution in [2.75, 3.05) is 21.2 Å². The average molecular weight is 460 g/mol. The maximum Gasteiger partial charge on any atom is 0.314 e. The van der Waals surface area contributed by atoms with Gasteiger partial charge in [0.1, 0.15) is 0 Å². The molecule has 182 valence electrons. The lowest BCUT2D eigenvalue weighted by Gasteiger charge is -2.27. The first-order chi connectivity index (χ1) is 15.2.